The molecule has 1 spiro atoms. The fourth-order valence-electron chi connectivity index (χ4n) is 3.19. The van der Waals surface area contributed by atoms with Gasteiger partial charge in [0, 0.05) is 13.1 Å². The Morgan fingerprint density at radius 1 is 1.33 bits per heavy atom. The van der Waals surface area contributed by atoms with Crippen LogP contribution in [0.15, 0.2) is 4.52 Å². The molecule has 0 amide bonds. The van der Waals surface area contributed by atoms with Crippen molar-refractivity contribution in [1.29, 1.82) is 0 Å². The molecule has 2 saturated heterocycles. The molecule has 2 aliphatic heterocycles. The summed E-state index contributed by atoms with van der Waals surface area (Å²) in [6, 6.07) is 0. The van der Waals surface area contributed by atoms with Crippen LogP contribution in [0, 0.1) is 6.92 Å². The molecule has 2 unspecified atom stereocenters. The Morgan fingerprint density at radius 2 is 2.06 bits per heavy atom. The van der Waals surface area contributed by atoms with Gasteiger partial charge < -0.3 is 14.2 Å². The first-order valence-electron chi connectivity index (χ1n) is 6.75. The number of ether oxygens (including phenoxy) is 1. The molecule has 5 heteroatoms. The number of aryl methyl sites for hydroxylation is 1. The van der Waals surface area contributed by atoms with Gasteiger partial charge in [0.25, 0.3) is 0 Å². The number of nitrogens with zero attached hydrogens (tertiary/aromatic N) is 3. The molecule has 3 rings (SSSR count). The molecule has 0 aromatic carbocycles. The van der Waals surface area contributed by atoms with Crippen LogP contribution >= 0.6 is 0 Å². The Kier molecular flexibility index (Phi) is 2.90. The van der Waals surface area contributed by atoms with Crippen LogP contribution in [-0.4, -0.2) is 46.9 Å². The first-order chi connectivity index (χ1) is 8.58. The summed E-state index contributed by atoms with van der Waals surface area (Å²) in [6.45, 7) is 6.21. The molecular weight excluding hydrogens is 230 g/mol. The molecule has 2 atom stereocenters. The molecule has 0 saturated carbocycles. The molecule has 1 aromatic rings. The normalized spacial score (nSPS) is 32.2. The number of rotatable bonds is 1. The van der Waals surface area contributed by atoms with Crippen LogP contribution in [-0.2, 0) is 4.74 Å². The van der Waals surface area contributed by atoms with E-state index in [1.165, 1.54) is 0 Å². The molecule has 1 aromatic heterocycles. The summed E-state index contributed by atoms with van der Waals surface area (Å²) >= 11 is 0. The van der Waals surface area contributed by atoms with E-state index in [1.54, 1.807) is 0 Å². The minimum atomic E-state index is 0.0406. The number of hydrogen-bond acceptors (Lipinski definition) is 5. The van der Waals surface area contributed by atoms with Crippen LogP contribution in [0.2, 0.25) is 0 Å². The first kappa shape index (κ1) is 12.1. The van der Waals surface area contributed by atoms with Gasteiger partial charge in [-0.25, -0.2) is 0 Å². The van der Waals surface area contributed by atoms with Gasteiger partial charge in [-0.3, -0.25) is 0 Å². The van der Waals surface area contributed by atoms with Crippen LogP contribution < -0.4 is 0 Å². The molecule has 3 heterocycles. The second kappa shape index (κ2) is 4.31. The average Bonchev–Trinajstić information content (AvgIpc) is 2.88. The standard InChI is InChI=1S/C13H21N3O2/c1-9-11(12-14-10(2)15-18-12)8-13(17-9)4-6-16(3)7-5-13/h9,11H,4-8H2,1-3H3. The maximum absolute atomic E-state index is 6.26. The average molecular weight is 251 g/mol. The third-order valence-corrected chi connectivity index (χ3v) is 4.35. The summed E-state index contributed by atoms with van der Waals surface area (Å²) in [7, 11) is 2.17. The minimum absolute atomic E-state index is 0.0406. The highest BCUT2D eigenvalue weighted by atomic mass is 16.5. The predicted molar refractivity (Wildman–Crippen MR) is 66.4 cm³/mol. The second-order valence-corrected chi connectivity index (χ2v) is 5.80. The van der Waals surface area contributed by atoms with Gasteiger partial charge >= 0.3 is 0 Å². The van der Waals surface area contributed by atoms with E-state index >= 15 is 0 Å². The van der Waals surface area contributed by atoms with Crippen molar-refractivity contribution in [2.24, 2.45) is 0 Å². The lowest BCUT2D eigenvalue weighted by molar-refractivity contribution is -0.0693. The lowest BCUT2D eigenvalue weighted by Crippen LogP contribution is -2.42. The quantitative estimate of drug-likeness (QED) is 0.761. The van der Waals surface area contributed by atoms with Crippen LogP contribution in [0.1, 0.15) is 43.8 Å². The van der Waals surface area contributed by atoms with Crippen molar-refractivity contribution in [2.75, 3.05) is 20.1 Å². The van der Waals surface area contributed by atoms with E-state index in [9.17, 15) is 0 Å². The van der Waals surface area contributed by atoms with E-state index in [-0.39, 0.29) is 17.6 Å². The maximum Gasteiger partial charge on any atom is 0.232 e. The van der Waals surface area contributed by atoms with Gasteiger partial charge in [-0.05, 0) is 40.2 Å². The molecule has 0 bridgehead atoms. The van der Waals surface area contributed by atoms with Gasteiger partial charge in [0.1, 0.15) is 0 Å². The number of hydrogen-bond donors (Lipinski definition) is 0. The Hall–Kier alpha value is -0.940. The summed E-state index contributed by atoms with van der Waals surface area (Å²) in [4.78, 5) is 6.73. The van der Waals surface area contributed by atoms with Crippen LogP contribution in [0.5, 0.6) is 0 Å². The van der Waals surface area contributed by atoms with Crippen molar-refractivity contribution < 1.29 is 9.26 Å². The van der Waals surface area contributed by atoms with Gasteiger partial charge in [0.15, 0.2) is 5.82 Å². The highest BCUT2D eigenvalue weighted by Gasteiger charge is 2.48. The number of likely N-dealkylation sites (tertiary alicyclic amines) is 1. The molecule has 0 aliphatic carbocycles. The number of piperidine rings is 1. The van der Waals surface area contributed by atoms with Gasteiger partial charge in [-0.15, -0.1) is 0 Å². The molecule has 2 aliphatic rings. The maximum atomic E-state index is 6.26. The summed E-state index contributed by atoms with van der Waals surface area (Å²) < 4.78 is 11.6. The zero-order valence-corrected chi connectivity index (χ0v) is 11.3. The van der Waals surface area contributed by atoms with Crippen molar-refractivity contribution >= 4 is 0 Å². The van der Waals surface area contributed by atoms with Crippen LogP contribution in [0.3, 0.4) is 0 Å². The summed E-state index contributed by atoms with van der Waals surface area (Å²) in [6.07, 6.45) is 3.41. The third kappa shape index (κ3) is 2.06. The van der Waals surface area contributed by atoms with Crippen molar-refractivity contribution in [3.05, 3.63) is 11.7 Å². The summed E-state index contributed by atoms with van der Waals surface area (Å²) in [5, 5.41) is 3.89. The highest BCUT2D eigenvalue weighted by Crippen LogP contribution is 2.45. The van der Waals surface area contributed by atoms with Crippen LogP contribution in [0.4, 0.5) is 0 Å². The van der Waals surface area contributed by atoms with E-state index in [0.29, 0.717) is 5.82 Å². The zero-order chi connectivity index (χ0) is 12.8. The first-order valence-corrected chi connectivity index (χ1v) is 6.75. The SMILES string of the molecule is Cc1noc(C2CC3(CCN(C)CC3)OC2C)n1. The Bertz CT molecular complexity index is 424. The fourth-order valence-corrected chi connectivity index (χ4v) is 3.19. The highest BCUT2D eigenvalue weighted by molar-refractivity contribution is 5.06. The monoisotopic (exact) mass is 251 g/mol. The minimum Gasteiger partial charge on any atom is -0.371 e. The number of aromatic nitrogens is 2. The summed E-state index contributed by atoms with van der Waals surface area (Å²) in [5.74, 6) is 1.71. The van der Waals surface area contributed by atoms with Gasteiger partial charge in [0.2, 0.25) is 5.89 Å². The van der Waals surface area contributed by atoms with E-state index < -0.39 is 0 Å². The van der Waals surface area contributed by atoms with Gasteiger partial charge in [-0.1, -0.05) is 5.16 Å². The fraction of sp³-hybridized carbons (Fsp3) is 0.846. The lowest BCUT2D eigenvalue weighted by atomic mass is 9.84. The molecule has 2 fully saturated rings. The van der Waals surface area contributed by atoms with Gasteiger partial charge in [-0.2, -0.15) is 4.98 Å². The molecule has 0 N–H and O–H groups in total. The Labute approximate surface area is 107 Å². The van der Waals surface area contributed by atoms with E-state index in [4.69, 9.17) is 9.26 Å². The molecule has 18 heavy (non-hydrogen) atoms. The van der Waals surface area contributed by atoms with Gasteiger partial charge in [0.05, 0.1) is 17.6 Å². The van der Waals surface area contributed by atoms with E-state index in [1.807, 2.05) is 6.92 Å². The zero-order valence-electron chi connectivity index (χ0n) is 11.3. The topological polar surface area (TPSA) is 51.4 Å². The second-order valence-electron chi connectivity index (χ2n) is 5.80. The van der Waals surface area contributed by atoms with E-state index in [0.717, 1.165) is 38.2 Å². The van der Waals surface area contributed by atoms with E-state index in [2.05, 4.69) is 29.0 Å². The van der Waals surface area contributed by atoms with Crippen molar-refractivity contribution in [3.63, 3.8) is 0 Å². The lowest BCUT2D eigenvalue weighted by Gasteiger charge is -2.37. The Morgan fingerprint density at radius 3 is 2.67 bits per heavy atom. The largest absolute Gasteiger partial charge is 0.371 e. The summed E-state index contributed by atoms with van der Waals surface area (Å²) in [5.41, 5.74) is 0.0406. The van der Waals surface area contributed by atoms with Crippen molar-refractivity contribution in [3.8, 4) is 0 Å². The Balaban J connectivity index is 1.76. The van der Waals surface area contributed by atoms with Crippen molar-refractivity contribution in [2.45, 2.75) is 50.7 Å². The third-order valence-electron chi connectivity index (χ3n) is 4.35. The smallest absolute Gasteiger partial charge is 0.232 e. The molecule has 100 valence electrons. The molecular formula is C13H21N3O2. The van der Waals surface area contributed by atoms with Crippen LogP contribution in [0.25, 0.3) is 0 Å². The molecule has 0 radical (unpaired) electrons. The molecule has 5 nitrogen and oxygen atoms in total. The van der Waals surface area contributed by atoms with Crippen molar-refractivity contribution in [1.82, 2.24) is 15.0 Å². The predicted octanol–water partition coefficient (Wildman–Crippen LogP) is 1.73.